The van der Waals surface area contributed by atoms with Crippen LogP contribution in [0.2, 0.25) is 0 Å². The van der Waals surface area contributed by atoms with Gasteiger partial charge in [0.2, 0.25) is 5.91 Å². The fourth-order valence-corrected chi connectivity index (χ4v) is 3.38. The molecule has 1 atom stereocenters. The van der Waals surface area contributed by atoms with Crippen molar-refractivity contribution in [1.82, 2.24) is 9.80 Å². The molecule has 1 aromatic rings. The van der Waals surface area contributed by atoms with Crippen LogP contribution in [0, 0.1) is 5.92 Å². The van der Waals surface area contributed by atoms with E-state index in [2.05, 4.69) is 13.8 Å². The summed E-state index contributed by atoms with van der Waals surface area (Å²) in [6, 6.07) is 7.00. The van der Waals surface area contributed by atoms with E-state index >= 15 is 0 Å². The molecule has 1 unspecified atom stereocenters. The van der Waals surface area contributed by atoms with Gasteiger partial charge in [-0.3, -0.25) is 14.4 Å². The van der Waals surface area contributed by atoms with E-state index in [-0.39, 0.29) is 24.4 Å². The Morgan fingerprint density at radius 1 is 1.18 bits per heavy atom. The van der Waals surface area contributed by atoms with E-state index in [1.807, 2.05) is 0 Å². The van der Waals surface area contributed by atoms with Gasteiger partial charge in [-0.05, 0) is 49.4 Å². The minimum atomic E-state index is -1.02. The maximum Gasteiger partial charge on any atom is 0.323 e. The largest absolute Gasteiger partial charge is 0.493 e. The normalized spacial score (nSPS) is 17.1. The number of carboxylic acids is 1. The lowest BCUT2D eigenvalue weighted by molar-refractivity contribution is -0.145. The molecule has 1 aliphatic heterocycles. The molecule has 0 spiro atoms. The summed E-state index contributed by atoms with van der Waals surface area (Å²) in [6.07, 6.45) is 2.00. The zero-order valence-corrected chi connectivity index (χ0v) is 16.9. The molecule has 28 heavy (non-hydrogen) atoms. The van der Waals surface area contributed by atoms with Gasteiger partial charge in [0.1, 0.15) is 12.3 Å². The van der Waals surface area contributed by atoms with Crippen LogP contribution in [0.5, 0.6) is 5.75 Å². The summed E-state index contributed by atoms with van der Waals surface area (Å²) in [5.74, 6) is -0.144. The number of carbonyl (C=O) groups is 3. The van der Waals surface area contributed by atoms with Crippen LogP contribution in [0.4, 0.5) is 0 Å². The number of hydrogen-bond acceptors (Lipinski definition) is 4. The van der Waals surface area contributed by atoms with Gasteiger partial charge in [0, 0.05) is 31.6 Å². The van der Waals surface area contributed by atoms with E-state index in [4.69, 9.17) is 9.84 Å². The van der Waals surface area contributed by atoms with Gasteiger partial charge >= 0.3 is 5.97 Å². The van der Waals surface area contributed by atoms with Crippen LogP contribution in [0.15, 0.2) is 24.3 Å². The molecule has 7 heteroatoms. The summed E-state index contributed by atoms with van der Waals surface area (Å²) in [6.45, 7) is 6.97. The lowest BCUT2D eigenvalue weighted by Crippen LogP contribution is -2.43. The van der Waals surface area contributed by atoms with Gasteiger partial charge in [-0.1, -0.05) is 13.8 Å². The van der Waals surface area contributed by atoms with E-state index in [9.17, 15) is 14.4 Å². The highest BCUT2D eigenvalue weighted by atomic mass is 16.5. The molecule has 1 N–H and O–H groups in total. The minimum absolute atomic E-state index is 0.0522. The van der Waals surface area contributed by atoms with Crippen molar-refractivity contribution < 1.29 is 24.2 Å². The maximum absolute atomic E-state index is 12.8. The highest BCUT2D eigenvalue weighted by Gasteiger charge is 2.27. The highest BCUT2D eigenvalue weighted by molar-refractivity contribution is 5.94. The van der Waals surface area contributed by atoms with E-state index in [0.717, 1.165) is 12.2 Å². The van der Waals surface area contributed by atoms with Crippen LogP contribution in [0.25, 0.3) is 0 Å². The number of rotatable bonds is 7. The quantitative estimate of drug-likeness (QED) is 0.773. The first kappa shape index (κ1) is 21.7. The summed E-state index contributed by atoms with van der Waals surface area (Å²) in [4.78, 5) is 38.9. The van der Waals surface area contributed by atoms with Gasteiger partial charge in [0.25, 0.3) is 5.91 Å². The van der Waals surface area contributed by atoms with E-state index in [1.54, 1.807) is 29.2 Å². The Balaban J connectivity index is 1.98. The van der Waals surface area contributed by atoms with Crippen molar-refractivity contribution in [2.45, 2.75) is 46.1 Å². The molecule has 2 rings (SSSR count). The molecule has 0 radical (unpaired) electrons. The number of carboxylic acid groups (broad SMARTS) is 1. The molecular weight excluding hydrogens is 360 g/mol. The van der Waals surface area contributed by atoms with Crippen LogP contribution in [0.3, 0.4) is 0 Å². The van der Waals surface area contributed by atoms with Crippen LogP contribution >= 0.6 is 0 Å². The molecule has 1 saturated heterocycles. The maximum atomic E-state index is 12.8. The van der Waals surface area contributed by atoms with E-state index in [0.29, 0.717) is 44.0 Å². The first-order chi connectivity index (χ1) is 13.3. The van der Waals surface area contributed by atoms with Crippen LogP contribution < -0.4 is 4.74 Å². The first-order valence-corrected chi connectivity index (χ1v) is 9.79. The van der Waals surface area contributed by atoms with Crippen molar-refractivity contribution in [3.05, 3.63) is 29.8 Å². The highest BCUT2D eigenvalue weighted by Crippen LogP contribution is 2.20. The van der Waals surface area contributed by atoms with Crippen molar-refractivity contribution in [3.8, 4) is 5.75 Å². The number of aliphatic carboxylic acids is 1. The number of likely N-dealkylation sites (tertiary alicyclic amines) is 1. The first-order valence-electron chi connectivity index (χ1n) is 9.79. The Hall–Kier alpha value is -2.57. The predicted octanol–water partition coefficient (Wildman–Crippen LogP) is 2.65. The topological polar surface area (TPSA) is 87.2 Å². The number of hydrogen-bond donors (Lipinski definition) is 1. The number of carbonyl (C=O) groups excluding carboxylic acids is 2. The van der Waals surface area contributed by atoms with Crippen molar-refractivity contribution in [2.24, 2.45) is 5.92 Å². The molecule has 2 amide bonds. The fraction of sp³-hybridized carbons (Fsp3) is 0.571. The fourth-order valence-electron chi connectivity index (χ4n) is 3.38. The SMILES string of the molecule is CC(=O)N(CC(=O)O)C1CCCN(C(=O)c2ccc(OCC(C)C)cc2)CC1. The van der Waals surface area contributed by atoms with Crippen LogP contribution in [-0.4, -0.2) is 65.0 Å². The molecule has 0 bridgehead atoms. The molecule has 154 valence electrons. The molecule has 7 nitrogen and oxygen atoms in total. The molecule has 1 aliphatic rings. The third kappa shape index (κ3) is 6.25. The Morgan fingerprint density at radius 2 is 1.86 bits per heavy atom. The number of ether oxygens (including phenoxy) is 1. The second kappa shape index (κ2) is 10.1. The summed E-state index contributed by atoms with van der Waals surface area (Å²) < 4.78 is 5.65. The van der Waals surface area contributed by atoms with Crippen molar-refractivity contribution in [2.75, 3.05) is 26.2 Å². The Kier molecular flexibility index (Phi) is 7.84. The van der Waals surface area contributed by atoms with E-state index in [1.165, 1.54) is 11.8 Å². The molecule has 1 heterocycles. The van der Waals surface area contributed by atoms with Crippen molar-refractivity contribution in [3.63, 3.8) is 0 Å². The van der Waals surface area contributed by atoms with Crippen molar-refractivity contribution >= 4 is 17.8 Å². The second-order valence-electron chi connectivity index (χ2n) is 7.65. The summed E-state index contributed by atoms with van der Waals surface area (Å²) in [7, 11) is 0. The predicted molar refractivity (Wildman–Crippen MR) is 105 cm³/mol. The summed E-state index contributed by atoms with van der Waals surface area (Å²) in [5, 5.41) is 9.04. The second-order valence-corrected chi connectivity index (χ2v) is 7.65. The molecule has 1 aromatic carbocycles. The smallest absolute Gasteiger partial charge is 0.323 e. The third-order valence-electron chi connectivity index (χ3n) is 4.82. The average molecular weight is 390 g/mol. The van der Waals surface area contributed by atoms with Crippen LogP contribution in [-0.2, 0) is 9.59 Å². The van der Waals surface area contributed by atoms with Gasteiger partial charge < -0.3 is 19.6 Å². The Bertz CT molecular complexity index is 687. The number of benzene rings is 1. The molecule has 0 aliphatic carbocycles. The van der Waals surface area contributed by atoms with Crippen molar-refractivity contribution in [1.29, 1.82) is 0 Å². The number of nitrogens with zero attached hydrogens (tertiary/aromatic N) is 2. The third-order valence-corrected chi connectivity index (χ3v) is 4.82. The van der Waals surface area contributed by atoms with Gasteiger partial charge in [-0.25, -0.2) is 0 Å². The zero-order chi connectivity index (χ0) is 20.7. The lowest BCUT2D eigenvalue weighted by Gasteiger charge is -2.28. The molecule has 0 aromatic heterocycles. The zero-order valence-electron chi connectivity index (χ0n) is 16.9. The van der Waals surface area contributed by atoms with Gasteiger partial charge in [-0.2, -0.15) is 0 Å². The lowest BCUT2D eigenvalue weighted by atomic mass is 10.1. The number of amides is 2. The molecule has 1 fully saturated rings. The monoisotopic (exact) mass is 390 g/mol. The van der Waals surface area contributed by atoms with Gasteiger partial charge in [-0.15, -0.1) is 0 Å². The molecule has 0 saturated carbocycles. The minimum Gasteiger partial charge on any atom is -0.493 e. The standard InChI is InChI=1S/C21H30N2O5/c1-15(2)14-28-19-8-6-17(7-9-19)21(27)22-11-4-5-18(10-12-22)23(16(3)24)13-20(25)26/h6-9,15,18H,4-5,10-14H2,1-3H3,(H,25,26). The Morgan fingerprint density at radius 3 is 2.43 bits per heavy atom. The molecular formula is C21H30N2O5. The van der Waals surface area contributed by atoms with Gasteiger partial charge in [0.05, 0.1) is 6.61 Å². The van der Waals surface area contributed by atoms with E-state index < -0.39 is 5.97 Å². The summed E-state index contributed by atoms with van der Waals surface area (Å²) in [5.41, 5.74) is 0.601. The average Bonchev–Trinajstić information content (AvgIpc) is 2.90. The van der Waals surface area contributed by atoms with Crippen LogP contribution in [0.1, 0.15) is 50.4 Å². The summed E-state index contributed by atoms with van der Waals surface area (Å²) >= 11 is 0. The van der Waals surface area contributed by atoms with Gasteiger partial charge in [0.15, 0.2) is 0 Å². The Labute approximate surface area is 166 Å².